The van der Waals surface area contributed by atoms with E-state index in [1.165, 1.54) is 0 Å². The molecule has 0 atom stereocenters. The highest BCUT2D eigenvalue weighted by Gasteiger charge is 2.30. The van der Waals surface area contributed by atoms with Gasteiger partial charge in [0.15, 0.2) is 5.65 Å². The number of aromatic nitrogens is 7. The molecule has 5 heterocycles. The summed E-state index contributed by atoms with van der Waals surface area (Å²) in [5.41, 5.74) is 2.36. The highest BCUT2D eigenvalue weighted by molar-refractivity contribution is 5.86. The minimum Gasteiger partial charge on any atom is -0.355 e. The zero-order chi connectivity index (χ0) is 19.1. The molecule has 1 aliphatic rings. The van der Waals surface area contributed by atoms with Crippen molar-refractivity contribution in [2.75, 3.05) is 18.0 Å². The van der Waals surface area contributed by atoms with Crippen LogP contribution in [0.15, 0.2) is 54.0 Å². The van der Waals surface area contributed by atoms with Gasteiger partial charge in [0.25, 0.3) is 5.56 Å². The summed E-state index contributed by atoms with van der Waals surface area (Å²) in [6.07, 6.45) is 6.82. The third-order valence-corrected chi connectivity index (χ3v) is 5.02. The van der Waals surface area contributed by atoms with Gasteiger partial charge in [-0.1, -0.05) is 0 Å². The second-order valence-electron chi connectivity index (χ2n) is 6.95. The van der Waals surface area contributed by atoms with Crippen molar-refractivity contribution in [3.05, 3.63) is 59.5 Å². The molecule has 0 amide bonds. The predicted octanol–water partition coefficient (Wildman–Crippen LogP) is 1.12. The van der Waals surface area contributed by atoms with Crippen molar-refractivity contribution in [3.63, 3.8) is 0 Å². The van der Waals surface area contributed by atoms with Gasteiger partial charge in [0, 0.05) is 50.1 Å². The maximum atomic E-state index is 12.2. The Morgan fingerprint density at radius 1 is 1.14 bits per heavy atom. The SMILES string of the molecule is Cn1ncc2c(N3CC(Cn4nc(-c5cccnc5)ccc4=O)C3)ncnc21. The van der Waals surface area contributed by atoms with Crippen LogP contribution in [-0.4, -0.2) is 47.6 Å². The fourth-order valence-corrected chi connectivity index (χ4v) is 3.55. The first-order valence-corrected chi connectivity index (χ1v) is 9.05. The van der Waals surface area contributed by atoms with Gasteiger partial charge < -0.3 is 4.90 Å². The van der Waals surface area contributed by atoms with E-state index in [0.29, 0.717) is 12.5 Å². The van der Waals surface area contributed by atoms with E-state index in [9.17, 15) is 4.79 Å². The highest BCUT2D eigenvalue weighted by Crippen LogP contribution is 2.29. The van der Waals surface area contributed by atoms with Gasteiger partial charge in [0.2, 0.25) is 0 Å². The van der Waals surface area contributed by atoms with Crippen LogP contribution in [0.4, 0.5) is 5.82 Å². The molecule has 4 aromatic rings. The predicted molar refractivity (Wildman–Crippen MR) is 104 cm³/mol. The lowest BCUT2D eigenvalue weighted by atomic mass is 10.00. The summed E-state index contributed by atoms with van der Waals surface area (Å²) in [7, 11) is 1.87. The van der Waals surface area contributed by atoms with Crippen LogP contribution in [0, 0.1) is 5.92 Å². The quantitative estimate of drug-likeness (QED) is 0.528. The van der Waals surface area contributed by atoms with Crippen LogP contribution in [0.5, 0.6) is 0 Å². The summed E-state index contributed by atoms with van der Waals surface area (Å²) in [6.45, 7) is 2.20. The average Bonchev–Trinajstić information content (AvgIpc) is 3.08. The third-order valence-electron chi connectivity index (χ3n) is 5.02. The molecule has 4 aromatic heterocycles. The third kappa shape index (κ3) is 2.81. The van der Waals surface area contributed by atoms with Gasteiger partial charge in [-0.2, -0.15) is 10.2 Å². The lowest BCUT2D eigenvalue weighted by Gasteiger charge is -2.40. The second kappa shape index (κ2) is 6.52. The van der Waals surface area contributed by atoms with Gasteiger partial charge in [0.1, 0.15) is 12.1 Å². The molecular formula is C19H18N8O. The maximum absolute atomic E-state index is 12.2. The Labute approximate surface area is 160 Å². The molecule has 0 bridgehead atoms. The average molecular weight is 374 g/mol. The molecule has 0 unspecified atom stereocenters. The molecule has 0 aromatic carbocycles. The molecule has 0 spiro atoms. The van der Waals surface area contributed by atoms with Crippen molar-refractivity contribution in [1.82, 2.24) is 34.5 Å². The summed E-state index contributed by atoms with van der Waals surface area (Å²) in [5.74, 6) is 1.22. The molecule has 1 aliphatic heterocycles. The molecule has 0 radical (unpaired) electrons. The number of aryl methyl sites for hydroxylation is 1. The van der Waals surface area contributed by atoms with Crippen molar-refractivity contribution >= 4 is 16.9 Å². The smallest absolute Gasteiger partial charge is 0.266 e. The Hall–Kier alpha value is -3.62. The van der Waals surface area contributed by atoms with E-state index in [1.807, 2.05) is 19.2 Å². The summed E-state index contributed by atoms with van der Waals surface area (Å²) in [5, 5.41) is 9.73. The van der Waals surface area contributed by atoms with Crippen molar-refractivity contribution in [2.45, 2.75) is 6.54 Å². The molecule has 0 saturated carbocycles. The number of anilines is 1. The van der Waals surface area contributed by atoms with Crippen LogP contribution in [-0.2, 0) is 13.6 Å². The number of fused-ring (bicyclic) bond motifs is 1. The molecule has 9 heteroatoms. The fraction of sp³-hybridized carbons (Fsp3) is 0.263. The first-order valence-electron chi connectivity index (χ1n) is 9.05. The molecule has 9 nitrogen and oxygen atoms in total. The van der Waals surface area contributed by atoms with Crippen molar-refractivity contribution in [3.8, 4) is 11.3 Å². The van der Waals surface area contributed by atoms with Gasteiger partial charge in [0.05, 0.1) is 23.8 Å². The Morgan fingerprint density at radius 3 is 2.86 bits per heavy atom. The minimum atomic E-state index is -0.0947. The van der Waals surface area contributed by atoms with E-state index < -0.39 is 0 Å². The summed E-state index contributed by atoms with van der Waals surface area (Å²) in [6, 6.07) is 7.10. The lowest BCUT2D eigenvalue weighted by Crippen LogP contribution is -2.50. The molecular weight excluding hydrogens is 356 g/mol. The van der Waals surface area contributed by atoms with E-state index in [0.717, 1.165) is 41.2 Å². The Balaban J connectivity index is 1.33. The molecule has 1 saturated heterocycles. The number of hydrogen-bond donors (Lipinski definition) is 0. The molecule has 140 valence electrons. The van der Waals surface area contributed by atoms with Gasteiger partial charge in [-0.15, -0.1) is 0 Å². The van der Waals surface area contributed by atoms with E-state index in [1.54, 1.807) is 46.4 Å². The van der Waals surface area contributed by atoms with Crippen LogP contribution < -0.4 is 10.5 Å². The van der Waals surface area contributed by atoms with E-state index in [2.05, 4.69) is 30.0 Å². The Morgan fingerprint density at radius 2 is 2.04 bits per heavy atom. The number of pyridine rings is 1. The number of hydrogen-bond acceptors (Lipinski definition) is 7. The maximum Gasteiger partial charge on any atom is 0.266 e. The van der Waals surface area contributed by atoms with Crippen molar-refractivity contribution in [2.24, 2.45) is 13.0 Å². The Bertz CT molecular complexity index is 1190. The fourth-order valence-electron chi connectivity index (χ4n) is 3.55. The second-order valence-corrected chi connectivity index (χ2v) is 6.95. The van der Waals surface area contributed by atoms with Gasteiger partial charge >= 0.3 is 0 Å². The molecule has 1 fully saturated rings. The van der Waals surface area contributed by atoms with E-state index >= 15 is 0 Å². The van der Waals surface area contributed by atoms with E-state index in [4.69, 9.17) is 0 Å². The lowest BCUT2D eigenvalue weighted by molar-refractivity contribution is 0.334. The van der Waals surface area contributed by atoms with Crippen LogP contribution in [0.2, 0.25) is 0 Å². The zero-order valence-corrected chi connectivity index (χ0v) is 15.3. The van der Waals surface area contributed by atoms with Crippen LogP contribution in [0.3, 0.4) is 0 Å². The highest BCUT2D eigenvalue weighted by atomic mass is 16.1. The molecule has 28 heavy (non-hydrogen) atoms. The summed E-state index contributed by atoms with van der Waals surface area (Å²) in [4.78, 5) is 27.3. The van der Waals surface area contributed by atoms with Gasteiger partial charge in [-0.3, -0.25) is 14.5 Å². The van der Waals surface area contributed by atoms with E-state index in [-0.39, 0.29) is 5.56 Å². The van der Waals surface area contributed by atoms with Crippen molar-refractivity contribution < 1.29 is 0 Å². The number of rotatable bonds is 4. The van der Waals surface area contributed by atoms with Crippen LogP contribution >= 0.6 is 0 Å². The summed E-state index contributed by atoms with van der Waals surface area (Å²) < 4.78 is 3.29. The largest absolute Gasteiger partial charge is 0.355 e. The minimum absolute atomic E-state index is 0.0947. The molecule has 5 rings (SSSR count). The van der Waals surface area contributed by atoms with Gasteiger partial charge in [-0.25, -0.2) is 14.6 Å². The summed E-state index contributed by atoms with van der Waals surface area (Å²) >= 11 is 0. The first-order chi connectivity index (χ1) is 13.7. The monoisotopic (exact) mass is 374 g/mol. The topological polar surface area (TPSA) is 94.6 Å². The van der Waals surface area contributed by atoms with Gasteiger partial charge in [-0.05, 0) is 18.2 Å². The number of nitrogens with zero attached hydrogens (tertiary/aromatic N) is 8. The van der Waals surface area contributed by atoms with Crippen LogP contribution in [0.25, 0.3) is 22.3 Å². The van der Waals surface area contributed by atoms with Crippen molar-refractivity contribution in [1.29, 1.82) is 0 Å². The zero-order valence-electron chi connectivity index (χ0n) is 15.3. The Kier molecular flexibility index (Phi) is 3.85. The molecule has 0 aliphatic carbocycles. The first kappa shape index (κ1) is 16.5. The normalized spacial score (nSPS) is 14.4. The van der Waals surface area contributed by atoms with Crippen LogP contribution in [0.1, 0.15) is 0 Å². The standard InChI is InChI=1S/C19H18N8O/c1-25-18-15(8-23-25)19(22-12-21-18)26-9-13(10-26)11-27-17(28)5-4-16(24-27)14-3-2-6-20-7-14/h2-8,12-13H,9-11H2,1H3. The molecule has 0 N–H and O–H groups in total.